The van der Waals surface area contributed by atoms with Crippen molar-refractivity contribution in [3.8, 4) is 5.75 Å². The molecule has 2 rings (SSSR count). The van der Waals surface area contributed by atoms with Gasteiger partial charge in [0, 0.05) is 11.3 Å². The number of rotatable bonds is 3. The summed E-state index contributed by atoms with van der Waals surface area (Å²) in [6.07, 6.45) is 1.41. The van der Waals surface area contributed by atoms with Crippen LogP contribution in [0.5, 0.6) is 5.75 Å². The Kier molecular flexibility index (Phi) is 3.19. The van der Waals surface area contributed by atoms with Crippen LogP contribution in [0.1, 0.15) is 13.8 Å². The summed E-state index contributed by atoms with van der Waals surface area (Å²) in [6, 6.07) is 7.22. The van der Waals surface area contributed by atoms with Gasteiger partial charge in [0.15, 0.2) is 5.78 Å². The molecule has 1 aliphatic heterocycles. The predicted octanol–water partition coefficient (Wildman–Crippen LogP) is 1.95. The van der Waals surface area contributed by atoms with Crippen LogP contribution in [0.3, 0.4) is 0 Å². The van der Waals surface area contributed by atoms with Crippen molar-refractivity contribution in [1.29, 1.82) is 0 Å². The summed E-state index contributed by atoms with van der Waals surface area (Å²) < 4.78 is 5.07. The molecule has 0 aliphatic carbocycles. The van der Waals surface area contributed by atoms with Crippen LogP contribution in [0.2, 0.25) is 0 Å². The second kappa shape index (κ2) is 4.64. The van der Waals surface area contributed by atoms with Crippen molar-refractivity contribution >= 4 is 17.4 Å². The molecule has 0 bridgehead atoms. The first-order chi connectivity index (χ1) is 8.54. The van der Waals surface area contributed by atoms with Gasteiger partial charge in [-0.15, -0.1) is 0 Å². The summed E-state index contributed by atoms with van der Waals surface area (Å²) in [5.41, 5.74) is 1.38. The second-order valence-electron chi connectivity index (χ2n) is 4.26. The fourth-order valence-corrected chi connectivity index (χ4v) is 2.05. The van der Waals surface area contributed by atoms with Crippen LogP contribution in [0.15, 0.2) is 35.9 Å². The first kappa shape index (κ1) is 12.4. The van der Waals surface area contributed by atoms with Crippen molar-refractivity contribution in [1.82, 2.24) is 0 Å². The molecule has 18 heavy (non-hydrogen) atoms. The summed E-state index contributed by atoms with van der Waals surface area (Å²) in [5.74, 6) is 0.543. The molecular formula is C14H15NO3. The van der Waals surface area contributed by atoms with Crippen LogP contribution >= 0.6 is 0 Å². The second-order valence-corrected chi connectivity index (χ2v) is 4.26. The third kappa shape index (κ3) is 2.01. The Morgan fingerprint density at radius 1 is 1.33 bits per heavy atom. The van der Waals surface area contributed by atoms with E-state index in [9.17, 15) is 9.59 Å². The van der Waals surface area contributed by atoms with Crippen molar-refractivity contribution in [2.45, 2.75) is 19.9 Å². The highest BCUT2D eigenvalue weighted by molar-refractivity contribution is 6.17. The minimum absolute atomic E-state index is 0.0604. The lowest BCUT2D eigenvalue weighted by atomic mass is 9.94. The summed E-state index contributed by atoms with van der Waals surface area (Å²) in [7, 11) is 1.60. The van der Waals surface area contributed by atoms with Crippen LogP contribution in [0.4, 0.5) is 5.69 Å². The topological polar surface area (TPSA) is 46.6 Å². The number of carbonyl (C=O) groups excluding carboxylic acids is 2. The lowest BCUT2D eigenvalue weighted by molar-refractivity contribution is -0.119. The van der Waals surface area contributed by atoms with E-state index in [2.05, 4.69) is 0 Å². The van der Waals surface area contributed by atoms with Gasteiger partial charge in [-0.2, -0.15) is 0 Å². The Labute approximate surface area is 106 Å². The van der Waals surface area contributed by atoms with Gasteiger partial charge in [0.25, 0.3) is 5.91 Å². The maximum atomic E-state index is 11.9. The molecule has 0 spiro atoms. The number of methoxy groups -OCH3 is 1. The molecule has 4 heteroatoms. The number of hydrogen-bond donors (Lipinski definition) is 0. The van der Waals surface area contributed by atoms with E-state index < -0.39 is 0 Å². The minimum atomic E-state index is -0.108. The van der Waals surface area contributed by atoms with Gasteiger partial charge in [0.2, 0.25) is 0 Å². The summed E-state index contributed by atoms with van der Waals surface area (Å²) in [6.45, 7) is 3.35. The van der Waals surface area contributed by atoms with Gasteiger partial charge in [0.1, 0.15) is 5.75 Å². The van der Waals surface area contributed by atoms with E-state index >= 15 is 0 Å². The molecular weight excluding hydrogens is 230 g/mol. The molecule has 1 amide bonds. The number of hydrogen-bond acceptors (Lipinski definition) is 3. The lowest BCUT2D eigenvalue weighted by Crippen LogP contribution is -2.54. The van der Waals surface area contributed by atoms with Crippen molar-refractivity contribution in [3.05, 3.63) is 35.9 Å². The number of benzene rings is 1. The molecule has 1 atom stereocenters. The van der Waals surface area contributed by atoms with Crippen molar-refractivity contribution in [2.75, 3.05) is 12.0 Å². The number of nitrogens with zero attached hydrogens (tertiary/aromatic N) is 1. The molecule has 1 aliphatic rings. The molecule has 94 valence electrons. The third-order valence-corrected chi connectivity index (χ3v) is 3.01. The Balaban J connectivity index is 2.21. The zero-order chi connectivity index (χ0) is 13.3. The monoisotopic (exact) mass is 245 g/mol. The highest BCUT2D eigenvalue weighted by atomic mass is 16.5. The van der Waals surface area contributed by atoms with E-state index in [1.54, 1.807) is 12.0 Å². The number of anilines is 1. The van der Waals surface area contributed by atoms with E-state index in [4.69, 9.17) is 4.74 Å². The van der Waals surface area contributed by atoms with Crippen LogP contribution in [-0.2, 0) is 9.59 Å². The Hall–Kier alpha value is -2.10. The molecule has 1 aromatic rings. The van der Waals surface area contributed by atoms with E-state index in [1.165, 1.54) is 13.0 Å². The Bertz CT molecular complexity index is 516. The largest absolute Gasteiger partial charge is 0.497 e. The molecule has 0 radical (unpaired) electrons. The quantitative estimate of drug-likeness (QED) is 0.604. The molecule has 0 N–H and O–H groups in total. The highest BCUT2D eigenvalue weighted by Crippen LogP contribution is 2.32. The number of carbonyl (C=O) groups is 2. The predicted molar refractivity (Wildman–Crippen MR) is 68.7 cm³/mol. The number of allylic oxidation sites excluding steroid dienone is 1. The van der Waals surface area contributed by atoms with Crippen molar-refractivity contribution in [3.63, 3.8) is 0 Å². The average Bonchev–Trinajstić information content (AvgIpc) is 2.37. The van der Waals surface area contributed by atoms with Gasteiger partial charge in [0.05, 0.1) is 13.2 Å². The first-order valence-corrected chi connectivity index (χ1v) is 5.74. The normalized spacial score (nSPS) is 20.8. The standard InChI is InChI=1S/C14H15NO3/c1-9(16)8-13-10(2)15(14(13)17)11-4-6-12(18-3)7-5-11/h4-8,10H,1-3H3/b13-8-. The van der Waals surface area contributed by atoms with Crippen LogP contribution < -0.4 is 9.64 Å². The minimum Gasteiger partial charge on any atom is -0.497 e. The van der Waals surface area contributed by atoms with Gasteiger partial charge in [-0.3, -0.25) is 9.59 Å². The molecule has 1 saturated heterocycles. The van der Waals surface area contributed by atoms with Crippen LogP contribution in [0, 0.1) is 0 Å². The molecule has 4 nitrogen and oxygen atoms in total. The summed E-state index contributed by atoms with van der Waals surface area (Å²) >= 11 is 0. The van der Waals surface area contributed by atoms with Crippen molar-refractivity contribution < 1.29 is 14.3 Å². The molecule has 0 saturated carbocycles. The van der Waals surface area contributed by atoms with E-state index in [1.807, 2.05) is 31.2 Å². The number of amides is 1. The van der Waals surface area contributed by atoms with Gasteiger partial charge in [-0.25, -0.2) is 0 Å². The average molecular weight is 245 g/mol. The first-order valence-electron chi connectivity index (χ1n) is 5.74. The fraction of sp³-hybridized carbons (Fsp3) is 0.286. The summed E-state index contributed by atoms with van der Waals surface area (Å²) in [4.78, 5) is 24.6. The number of ether oxygens (including phenoxy) is 1. The molecule has 1 fully saturated rings. The molecule has 1 unspecified atom stereocenters. The highest BCUT2D eigenvalue weighted by Gasteiger charge is 2.39. The van der Waals surface area contributed by atoms with Crippen molar-refractivity contribution in [2.24, 2.45) is 0 Å². The number of β-lactam (4-membered cyclic amide) rings is 1. The van der Waals surface area contributed by atoms with E-state index in [0.717, 1.165) is 11.4 Å². The maximum Gasteiger partial charge on any atom is 0.256 e. The Morgan fingerprint density at radius 2 is 1.94 bits per heavy atom. The van der Waals surface area contributed by atoms with Crippen LogP contribution in [0.25, 0.3) is 0 Å². The maximum absolute atomic E-state index is 11.9. The Morgan fingerprint density at radius 3 is 2.39 bits per heavy atom. The zero-order valence-electron chi connectivity index (χ0n) is 10.6. The van der Waals surface area contributed by atoms with Gasteiger partial charge in [-0.1, -0.05) is 0 Å². The molecule has 0 aromatic heterocycles. The fourth-order valence-electron chi connectivity index (χ4n) is 2.05. The van der Waals surface area contributed by atoms with Gasteiger partial charge in [-0.05, 0) is 44.2 Å². The zero-order valence-corrected chi connectivity index (χ0v) is 10.6. The molecule has 1 heterocycles. The third-order valence-electron chi connectivity index (χ3n) is 3.01. The van der Waals surface area contributed by atoms with E-state index in [0.29, 0.717) is 5.57 Å². The van der Waals surface area contributed by atoms with Gasteiger partial charge >= 0.3 is 0 Å². The van der Waals surface area contributed by atoms with Crippen LogP contribution in [-0.4, -0.2) is 24.8 Å². The summed E-state index contributed by atoms with van der Waals surface area (Å²) in [5, 5.41) is 0. The SMILES string of the molecule is COc1ccc(N2C(=O)/C(=C\C(C)=O)C2C)cc1. The molecule has 1 aromatic carbocycles. The van der Waals surface area contributed by atoms with E-state index in [-0.39, 0.29) is 17.7 Å². The number of ketones is 1. The lowest BCUT2D eigenvalue weighted by Gasteiger charge is -2.40. The van der Waals surface area contributed by atoms with Gasteiger partial charge < -0.3 is 9.64 Å². The smallest absolute Gasteiger partial charge is 0.256 e.